The molecule has 0 atom stereocenters. The summed E-state index contributed by atoms with van der Waals surface area (Å²) in [6, 6.07) is 11.2. The average Bonchev–Trinajstić information content (AvgIpc) is 3.08. The predicted octanol–water partition coefficient (Wildman–Crippen LogP) is 0.747. The number of amides is 1. The quantitative estimate of drug-likeness (QED) is 0.691. The Morgan fingerprint density at radius 3 is 3.08 bits per heavy atom. The molecule has 4 rings (SSSR count). The van der Waals surface area contributed by atoms with Gasteiger partial charge in [-0.2, -0.15) is 0 Å². The molecule has 3 aromatic rings. The van der Waals surface area contributed by atoms with Crippen LogP contribution in [0.2, 0.25) is 0 Å². The molecule has 122 valence electrons. The second-order valence-electron chi connectivity index (χ2n) is 5.33. The third kappa shape index (κ3) is 2.71. The Kier molecular flexibility index (Phi) is 3.66. The molecule has 1 amide bonds. The molecule has 3 heterocycles. The maximum atomic E-state index is 12.1. The number of hydrogen-bond donors (Lipinski definition) is 1. The van der Waals surface area contributed by atoms with Crippen molar-refractivity contribution < 1.29 is 9.53 Å². The SMILES string of the molecule is O=C1COc2ccccc2N1CCCNc1ccc2nnnn2n1. The molecule has 0 aliphatic carbocycles. The van der Waals surface area contributed by atoms with Gasteiger partial charge in [0.05, 0.1) is 5.69 Å². The van der Waals surface area contributed by atoms with E-state index in [4.69, 9.17) is 4.74 Å². The largest absolute Gasteiger partial charge is 0.482 e. The minimum Gasteiger partial charge on any atom is -0.482 e. The van der Waals surface area contributed by atoms with Crippen molar-refractivity contribution in [3.8, 4) is 5.75 Å². The van der Waals surface area contributed by atoms with Crippen molar-refractivity contribution in [3.63, 3.8) is 0 Å². The monoisotopic (exact) mass is 325 g/mol. The van der Waals surface area contributed by atoms with E-state index in [1.807, 2.05) is 30.3 Å². The lowest BCUT2D eigenvalue weighted by molar-refractivity contribution is -0.121. The van der Waals surface area contributed by atoms with E-state index in [1.54, 1.807) is 11.0 Å². The number of hydrogen-bond acceptors (Lipinski definition) is 7. The molecule has 1 aliphatic heterocycles. The molecule has 0 spiro atoms. The second kappa shape index (κ2) is 6.11. The Morgan fingerprint density at radius 1 is 1.21 bits per heavy atom. The smallest absolute Gasteiger partial charge is 0.265 e. The molecule has 1 N–H and O–H groups in total. The van der Waals surface area contributed by atoms with Crippen molar-refractivity contribution in [3.05, 3.63) is 36.4 Å². The number of nitrogens with zero attached hydrogens (tertiary/aromatic N) is 6. The van der Waals surface area contributed by atoms with Crippen LogP contribution >= 0.6 is 0 Å². The number of ether oxygens (including phenoxy) is 1. The first-order chi connectivity index (χ1) is 11.8. The van der Waals surface area contributed by atoms with Crippen LogP contribution in [0.4, 0.5) is 11.5 Å². The first kappa shape index (κ1) is 14.4. The van der Waals surface area contributed by atoms with Gasteiger partial charge in [-0.3, -0.25) is 4.79 Å². The number of carbonyl (C=O) groups excluding carboxylic acids is 1. The molecule has 24 heavy (non-hydrogen) atoms. The Labute approximate surface area is 137 Å². The number of para-hydroxylation sites is 2. The van der Waals surface area contributed by atoms with E-state index in [1.165, 1.54) is 4.63 Å². The minimum atomic E-state index is -0.0260. The van der Waals surface area contributed by atoms with Gasteiger partial charge in [-0.25, -0.2) is 0 Å². The van der Waals surface area contributed by atoms with Gasteiger partial charge in [0.2, 0.25) is 0 Å². The summed E-state index contributed by atoms with van der Waals surface area (Å²) in [5.74, 6) is 1.40. The van der Waals surface area contributed by atoms with Gasteiger partial charge in [0.25, 0.3) is 5.91 Å². The predicted molar refractivity (Wildman–Crippen MR) is 86.0 cm³/mol. The van der Waals surface area contributed by atoms with E-state index in [9.17, 15) is 4.79 Å². The van der Waals surface area contributed by atoms with Gasteiger partial charge in [0.1, 0.15) is 11.6 Å². The number of anilines is 2. The van der Waals surface area contributed by atoms with E-state index >= 15 is 0 Å². The van der Waals surface area contributed by atoms with Gasteiger partial charge in [0, 0.05) is 13.1 Å². The van der Waals surface area contributed by atoms with Crippen LogP contribution in [0.5, 0.6) is 5.75 Å². The van der Waals surface area contributed by atoms with E-state index in [0.29, 0.717) is 24.6 Å². The summed E-state index contributed by atoms with van der Waals surface area (Å²) in [5.41, 5.74) is 1.41. The zero-order chi connectivity index (χ0) is 16.4. The van der Waals surface area contributed by atoms with Gasteiger partial charge >= 0.3 is 0 Å². The Bertz CT molecular complexity index is 879. The van der Waals surface area contributed by atoms with Gasteiger partial charge in [-0.15, -0.1) is 14.8 Å². The fourth-order valence-corrected chi connectivity index (χ4v) is 2.60. The number of benzene rings is 1. The molecule has 1 aliphatic rings. The Morgan fingerprint density at radius 2 is 2.12 bits per heavy atom. The van der Waals surface area contributed by atoms with E-state index in [0.717, 1.165) is 17.9 Å². The number of fused-ring (bicyclic) bond motifs is 2. The number of carbonyl (C=O) groups is 1. The zero-order valence-electron chi connectivity index (χ0n) is 12.8. The molecule has 0 saturated carbocycles. The maximum absolute atomic E-state index is 12.1. The third-order valence-electron chi connectivity index (χ3n) is 3.74. The number of rotatable bonds is 5. The van der Waals surface area contributed by atoms with Gasteiger partial charge in [0.15, 0.2) is 12.3 Å². The van der Waals surface area contributed by atoms with E-state index in [-0.39, 0.29) is 12.5 Å². The summed E-state index contributed by atoms with van der Waals surface area (Å²) < 4.78 is 6.80. The van der Waals surface area contributed by atoms with Crippen LogP contribution in [0.15, 0.2) is 36.4 Å². The standard InChI is InChI=1S/C15H15N7O2/c23-15-10-24-12-5-2-1-4-11(12)21(15)9-3-8-16-13-6-7-14-17-19-20-22(14)18-13/h1-2,4-7H,3,8-10H2,(H,16,18). The van der Waals surface area contributed by atoms with E-state index in [2.05, 4.69) is 25.9 Å². The first-order valence-corrected chi connectivity index (χ1v) is 7.63. The summed E-state index contributed by atoms with van der Waals surface area (Å²) in [6.07, 6.45) is 0.773. The lowest BCUT2D eigenvalue weighted by Crippen LogP contribution is -2.39. The normalized spacial score (nSPS) is 13.7. The Balaban J connectivity index is 1.36. The van der Waals surface area contributed by atoms with Crippen LogP contribution in [-0.4, -0.2) is 50.9 Å². The summed E-state index contributed by atoms with van der Waals surface area (Å²) in [7, 11) is 0. The summed E-state index contributed by atoms with van der Waals surface area (Å²) in [6.45, 7) is 1.37. The number of tetrazole rings is 1. The molecular weight excluding hydrogens is 310 g/mol. The number of aromatic nitrogens is 5. The van der Waals surface area contributed by atoms with Crippen molar-refractivity contribution in [2.45, 2.75) is 6.42 Å². The molecule has 0 bridgehead atoms. The highest BCUT2D eigenvalue weighted by atomic mass is 16.5. The molecule has 9 heteroatoms. The highest BCUT2D eigenvalue weighted by Gasteiger charge is 2.24. The molecule has 0 radical (unpaired) electrons. The average molecular weight is 325 g/mol. The topological polar surface area (TPSA) is 97.5 Å². The van der Waals surface area contributed by atoms with Crippen molar-refractivity contribution in [1.29, 1.82) is 0 Å². The van der Waals surface area contributed by atoms with Crippen molar-refractivity contribution >= 4 is 23.1 Å². The first-order valence-electron chi connectivity index (χ1n) is 7.63. The summed E-state index contributed by atoms with van der Waals surface area (Å²) in [5, 5.41) is 18.6. The van der Waals surface area contributed by atoms with Crippen molar-refractivity contribution in [2.24, 2.45) is 0 Å². The Hall–Kier alpha value is -3.23. The van der Waals surface area contributed by atoms with Crippen LogP contribution in [0.3, 0.4) is 0 Å². The molecule has 0 saturated heterocycles. The molecule has 9 nitrogen and oxygen atoms in total. The fourth-order valence-electron chi connectivity index (χ4n) is 2.60. The highest BCUT2D eigenvalue weighted by Crippen LogP contribution is 2.31. The molecule has 1 aromatic carbocycles. The summed E-state index contributed by atoms with van der Waals surface area (Å²) >= 11 is 0. The van der Waals surface area contributed by atoms with Crippen molar-refractivity contribution in [1.82, 2.24) is 25.3 Å². The number of nitrogens with one attached hydrogen (secondary N) is 1. The van der Waals surface area contributed by atoms with Crippen LogP contribution < -0.4 is 15.0 Å². The molecule has 0 unspecified atom stereocenters. The minimum absolute atomic E-state index is 0.0260. The van der Waals surface area contributed by atoms with Gasteiger partial charge in [-0.05, 0) is 41.1 Å². The molecule has 2 aromatic heterocycles. The van der Waals surface area contributed by atoms with E-state index < -0.39 is 0 Å². The lowest BCUT2D eigenvalue weighted by Gasteiger charge is -2.29. The maximum Gasteiger partial charge on any atom is 0.265 e. The fraction of sp³-hybridized carbons (Fsp3) is 0.267. The molecular formula is C15H15N7O2. The lowest BCUT2D eigenvalue weighted by atomic mass is 10.2. The molecule has 0 fully saturated rings. The van der Waals surface area contributed by atoms with Gasteiger partial charge in [-0.1, -0.05) is 12.1 Å². The highest BCUT2D eigenvalue weighted by molar-refractivity contribution is 5.97. The van der Waals surface area contributed by atoms with Crippen LogP contribution in [-0.2, 0) is 4.79 Å². The van der Waals surface area contributed by atoms with Gasteiger partial charge < -0.3 is 15.0 Å². The zero-order valence-corrected chi connectivity index (χ0v) is 12.8. The van der Waals surface area contributed by atoms with Crippen LogP contribution in [0, 0.1) is 0 Å². The third-order valence-corrected chi connectivity index (χ3v) is 3.74. The summed E-state index contributed by atoms with van der Waals surface area (Å²) in [4.78, 5) is 13.8. The van der Waals surface area contributed by atoms with Crippen LogP contribution in [0.25, 0.3) is 5.65 Å². The van der Waals surface area contributed by atoms with Crippen LogP contribution in [0.1, 0.15) is 6.42 Å². The second-order valence-corrected chi connectivity index (χ2v) is 5.33. The van der Waals surface area contributed by atoms with Crippen molar-refractivity contribution in [2.75, 3.05) is 29.9 Å².